The van der Waals surface area contributed by atoms with Gasteiger partial charge in [0.15, 0.2) is 0 Å². The summed E-state index contributed by atoms with van der Waals surface area (Å²) in [5.74, 6) is 0.278. The molecule has 3 unspecified atom stereocenters. The molecular formula is C11H24ClNO2. The molecule has 0 saturated carbocycles. The van der Waals surface area contributed by atoms with Gasteiger partial charge in [0.1, 0.15) is 0 Å². The summed E-state index contributed by atoms with van der Waals surface area (Å²) in [4.78, 5) is 5.38. The van der Waals surface area contributed by atoms with Gasteiger partial charge in [0.25, 0.3) is 0 Å². The molecule has 92 valence electrons. The summed E-state index contributed by atoms with van der Waals surface area (Å²) in [5, 5.41) is 9.88. The maximum atomic E-state index is 9.88. The Morgan fingerprint density at radius 3 is 2.40 bits per heavy atom. The minimum atomic E-state index is -0.473. The number of hydrogen-bond acceptors (Lipinski definition) is 3. The lowest BCUT2D eigenvalue weighted by Crippen LogP contribution is -2.38. The number of hydroxylamine groups is 1. The van der Waals surface area contributed by atoms with E-state index in [0.717, 1.165) is 19.3 Å². The topological polar surface area (TPSA) is 41.5 Å². The van der Waals surface area contributed by atoms with Crippen LogP contribution in [0, 0.1) is 5.41 Å². The van der Waals surface area contributed by atoms with Crippen LogP contribution in [0.4, 0.5) is 0 Å². The van der Waals surface area contributed by atoms with Crippen LogP contribution < -0.4 is 5.48 Å². The number of rotatable bonds is 8. The van der Waals surface area contributed by atoms with E-state index in [1.54, 1.807) is 7.05 Å². The van der Waals surface area contributed by atoms with E-state index in [1.165, 1.54) is 0 Å². The number of halogens is 1. The molecule has 2 N–H and O–H groups in total. The zero-order chi connectivity index (χ0) is 11.9. The van der Waals surface area contributed by atoms with Crippen LogP contribution in [0.15, 0.2) is 0 Å². The van der Waals surface area contributed by atoms with Crippen molar-refractivity contribution in [2.75, 3.05) is 12.9 Å². The Morgan fingerprint density at radius 2 is 2.07 bits per heavy atom. The largest absolute Gasteiger partial charge is 0.391 e. The Labute approximate surface area is 98.1 Å². The first-order chi connectivity index (χ1) is 7.03. The predicted octanol–water partition coefficient (Wildman–Crippen LogP) is 2.32. The van der Waals surface area contributed by atoms with Crippen molar-refractivity contribution >= 4 is 11.6 Å². The summed E-state index contributed by atoms with van der Waals surface area (Å²) in [5.41, 5.74) is 2.54. The van der Waals surface area contributed by atoms with Gasteiger partial charge in [-0.1, -0.05) is 20.8 Å². The molecule has 0 aliphatic heterocycles. The van der Waals surface area contributed by atoms with Crippen LogP contribution in [0.5, 0.6) is 0 Å². The van der Waals surface area contributed by atoms with Crippen molar-refractivity contribution in [2.45, 2.75) is 52.2 Å². The lowest BCUT2D eigenvalue weighted by atomic mass is 9.77. The van der Waals surface area contributed by atoms with E-state index in [9.17, 15) is 5.11 Å². The summed E-state index contributed by atoms with van der Waals surface area (Å²) in [6, 6.07) is 0. The first kappa shape index (κ1) is 15.2. The van der Waals surface area contributed by atoms with Crippen LogP contribution in [0.25, 0.3) is 0 Å². The second-order valence-electron chi connectivity index (χ2n) is 4.23. The van der Waals surface area contributed by atoms with E-state index in [2.05, 4.69) is 26.3 Å². The third kappa shape index (κ3) is 4.68. The molecule has 4 heteroatoms. The molecule has 3 atom stereocenters. The highest BCUT2D eigenvalue weighted by Gasteiger charge is 2.33. The normalized spacial score (nSPS) is 19.6. The quantitative estimate of drug-likeness (QED) is 0.503. The van der Waals surface area contributed by atoms with E-state index in [1.807, 2.05) is 0 Å². The molecule has 0 saturated heterocycles. The Kier molecular flexibility index (Phi) is 7.53. The summed E-state index contributed by atoms with van der Waals surface area (Å²) >= 11 is 5.71. The first-order valence-corrected chi connectivity index (χ1v) is 6.13. The van der Waals surface area contributed by atoms with Crippen molar-refractivity contribution in [3.05, 3.63) is 0 Å². The average molecular weight is 238 g/mol. The molecule has 0 radical (unpaired) electrons. The molecule has 0 fully saturated rings. The minimum absolute atomic E-state index is 0.123. The van der Waals surface area contributed by atoms with Crippen molar-refractivity contribution in [3.8, 4) is 0 Å². The van der Waals surface area contributed by atoms with Gasteiger partial charge in [0, 0.05) is 12.9 Å². The fraction of sp³-hybridized carbons (Fsp3) is 1.00. The number of nitrogens with one attached hydrogen (secondary N) is 1. The van der Waals surface area contributed by atoms with Gasteiger partial charge in [-0.2, -0.15) is 0 Å². The van der Waals surface area contributed by atoms with Crippen molar-refractivity contribution < 1.29 is 9.94 Å². The summed E-state index contributed by atoms with van der Waals surface area (Å²) < 4.78 is 0. The molecule has 0 aromatic carbocycles. The maximum absolute atomic E-state index is 9.88. The van der Waals surface area contributed by atoms with Gasteiger partial charge in [-0.3, -0.25) is 4.84 Å². The standard InChI is InChI=1S/C11H24ClNO2/c1-5-9(15-13-4)7-11(3,6-2)10(14)8-12/h9-10,13-14H,5-8H2,1-4H3. The number of alkyl halides is 1. The summed E-state index contributed by atoms with van der Waals surface area (Å²) in [6.07, 6.45) is 2.28. The molecule has 0 heterocycles. The zero-order valence-electron chi connectivity index (χ0n) is 10.2. The zero-order valence-corrected chi connectivity index (χ0v) is 11.0. The van der Waals surface area contributed by atoms with Gasteiger partial charge >= 0.3 is 0 Å². The molecule has 0 rings (SSSR count). The van der Waals surface area contributed by atoms with Crippen molar-refractivity contribution in [1.82, 2.24) is 5.48 Å². The van der Waals surface area contributed by atoms with E-state index in [-0.39, 0.29) is 17.4 Å². The monoisotopic (exact) mass is 237 g/mol. The fourth-order valence-corrected chi connectivity index (χ4v) is 2.03. The van der Waals surface area contributed by atoms with Crippen molar-refractivity contribution in [3.63, 3.8) is 0 Å². The van der Waals surface area contributed by atoms with Gasteiger partial charge in [-0.05, 0) is 24.7 Å². The highest BCUT2D eigenvalue weighted by molar-refractivity contribution is 6.18. The Morgan fingerprint density at radius 1 is 1.47 bits per heavy atom. The highest BCUT2D eigenvalue weighted by atomic mass is 35.5. The first-order valence-electron chi connectivity index (χ1n) is 5.60. The third-order valence-corrected chi connectivity index (χ3v) is 3.48. The molecular weight excluding hydrogens is 214 g/mol. The number of hydrogen-bond donors (Lipinski definition) is 2. The van der Waals surface area contributed by atoms with Crippen LogP contribution in [0.2, 0.25) is 0 Å². The smallest absolute Gasteiger partial charge is 0.0793 e. The fourth-order valence-electron chi connectivity index (χ4n) is 1.66. The van der Waals surface area contributed by atoms with Crippen LogP contribution in [-0.4, -0.2) is 30.2 Å². The summed E-state index contributed by atoms with van der Waals surface area (Å²) in [6.45, 7) is 6.20. The van der Waals surface area contributed by atoms with Gasteiger partial charge in [-0.15, -0.1) is 11.6 Å². The average Bonchev–Trinajstić information content (AvgIpc) is 2.26. The van der Waals surface area contributed by atoms with Crippen LogP contribution in [0.1, 0.15) is 40.0 Å². The molecule has 0 aliphatic rings. The maximum Gasteiger partial charge on any atom is 0.0793 e. The molecule has 0 aliphatic carbocycles. The van der Waals surface area contributed by atoms with Crippen LogP contribution in [0.3, 0.4) is 0 Å². The number of aliphatic hydroxyl groups excluding tert-OH is 1. The Balaban J connectivity index is 4.38. The van der Waals surface area contributed by atoms with E-state index < -0.39 is 6.10 Å². The van der Waals surface area contributed by atoms with Crippen LogP contribution in [-0.2, 0) is 4.84 Å². The Bertz CT molecular complexity index is 169. The van der Waals surface area contributed by atoms with Crippen molar-refractivity contribution in [1.29, 1.82) is 0 Å². The summed E-state index contributed by atoms with van der Waals surface area (Å²) in [7, 11) is 1.75. The van der Waals surface area contributed by atoms with E-state index >= 15 is 0 Å². The van der Waals surface area contributed by atoms with Gasteiger partial charge in [0.05, 0.1) is 12.2 Å². The molecule has 3 nitrogen and oxygen atoms in total. The van der Waals surface area contributed by atoms with Crippen molar-refractivity contribution in [2.24, 2.45) is 5.41 Å². The molecule has 0 aromatic heterocycles. The molecule has 0 amide bonds. The highest BCUT2D eigenvalue weighted by Crippen LogP contribution is 2.33. The van der Waals surface area contributed by atoms with Gasteiger partial charge < -0.3 is 5.11 Å². The Hall–Kier alpha value is 0.170. The van der Waals surface area contributed by atoms with E-state index in [4.69, 9.17) is 16.4 Å². The predicted molar refractivity (Wildman–Crippen MR) is 64.0 cm³/mol. The lowest BCUT2D eigenvalue weighted by Gasteiger charge is -2.35. The molecule has 0 aromatic rings. The van der Waals surface area contributed by atoms with Gasteiger partial charge in [-0.25, -0.2) is 5.48 Å². The van der Waals surface area contributed by atoms with Crippen LogP contribution >= 0.6 is 11.6 Å². The molecule has 0 spiro atoms. The second-order valence-corrected chi connectivity index (χ2v) is 4.54. The second kappa shape index (κ2) is 7.44. The molecule has 15 heavy (non-hydrogen) atoms. The van der Waals surface area contributed by atoms with E-state index in [0.29, 0.717) is 0 Å². The number of aliphatic hydroxyl groups is 1. The minimum Gasteiger partial charge on any atom is -0.391 e. The van der Waals surface area contributed by atoms with Gasteiger partial charge in [0.2, 0.25) is 0 Å². The lowest BCUT2D eigenvalue weighted by molar-refractivity contribution is -0.0611. The SMILES string of the molecule is CCC(CC(C)(CC)C(O)CCl)ONC. The third-order valence-electron chi connectivity index (χ3n) is 3.19. The molecule has 0 bridgehead atoms.